The van der Waals surface area contributed by atoms with Crippen molar-refractivity contribution in [1.82, 2.24) is 0 Å². The second kappa shape index (κ2) is 6.56. The molecule has 0 bridgehead atoms. The smallest absolute Gasteiger partial charge is 0.446 e. The van der Waals surface area contributed by atoms with Crippen molar-refractivity contribution < 1.29 is 27.1 Å². The van der Waals surface area contributed by atoms with Crippen LogP contribution in [-0.2, 0) is 10.9 Å². The maximum absolute atomic E-state index is 12.6. The molecule has 1 N–H and O–H groups in total. The van der Waals surface area contributed by atoms with Crippen LogP contribution in [0.25, 0.3) is 0 Å². The summed E-state index contributed by atoms with van der Waals surface area (Å²) in [6.07, 6.45) is -4.62. The number of furan rings is 1. The van der Waals surface area contributed by atoms with Crippen molar-refractivity contribution in [2.45, 2.75) is 6.18 Å². The van der Waals surface area contributed by atoms with E-state index in [-0.39, 0.29) is 5.76 Å². The fourth-order valence-corrected chi connectivity index (χ4v) is 2.46. The van der Waals surface area contributed by atoms with Crippen LogP contribution in [0.15, 0.2) is 40.8 Å². The molecule has 1 aromatic heterocycles. The average molecular weight is 340 g/mol. The molecular weight excluding hydrogens is 325 g/mol. The van der Waals surface area contributed by atoms with Crippen molar-refractivity contribution in [3.63, 3.8) is 0 Å². The molecule has 1 aromatic carbocycles. The van der Waals surface area contributed by atoms with E-state index in [1.807, 2.05) is 17.0 Å². The van der Waals surface area contributed by atoms with E-state index in [0.29, 0.717) is 32.0 Å². The van der Waals surface area contributed by atoms with E-state index in [0.717, 1.165) is 17.8 Å². The van der Waals surface area contributed by atoms with Gasteiger partial charge in [0.05, 0.1) is 24.6 Å². The van der Waals surface area contributed by atoms with Gasteiger partial charge in [-0.3, -0.25) is 4.79 Å². The predicted octanol–water partition coefficient (Wildman–Crippen LogP) is 3.39. The maximum Gasteiger partial charge on any atom is 0.449 e. The highest BCUT2D eigenvalue weighted by Gasteiger charge is 2.35. The highest BCUT2D eigenvalue weighted by molar-refractivity contribution is 6.04. The fourth-order valence-electron chi connectivity index (χ4n) is 2.46. The Balaban J connectivity index is 1.78. The van der Waals surface area contributed by atoms with E-state index in [1.165, 1.54) is 0 Å². The van der Waals surface area contributed by atoms with Crippen molar-refractivity contribution in [2.24, 2.45) is 0 Å². The van der Waals surface area contributed by atoms with E-state index >= 15 is 0 Å². The number of hydrogen-bond donors (Lipinski definition) is 1. The quantitative estimate of drug-likeness (QED) is 0.931. The van der Waals surface area contributed by atoms with Crippen LogP contribution in [0.3, 0.4) is 0 Å². The van der Waals surface area contributed by atoms with Crippen LogP contribution < -0.4 is 10.2 Å². The summed E-state index contributed by atoms with van der Waals surface area (Å²) in [7, 11) is 0. The van der Waals surface area contributed by atoms with Gasteiger partial charge in [-0.05, 0) is 24.3 Å². The Kier molecular flexibility index (Phi) is 4.48. The third kappa shape index (κ3) is 3.53. The molecule has 0 unspecified atom stereocenters. The van der Waals surface area contributed by atoms with Gasteiger partial charge in [0.1, 0.15) is 0 Å². The Labute approximate surface area is 136 Å². The number of ether oxygens (including phenoxy) is 1. The zero-order chi connectivity index (χ0) is 17.2. The summed E-state index contributed by atoms with van der Waals surface area (Å²) < 4.78 is 47.6. The number of rotatable bonds is 3. The molecule has 3 rings (SSSR count). The van der Waals surface area contributed by atoms with Crippen molar-refractivity contribution >= 4 is 17.3 Å². The molecule has 1 fully saturated rings. The van der Waals surface area contributed by atoms with Crippen LogP contribution >= 0.6 is 0 Å². The van der Waals surface area contributed by atoms with Gasteiger partial charge in [0, 0.05) is 13.1 Å². The minimum atomic E-state index is -4.62. The number of amides is 1. The van der Waals surface area contributed by atoms with Gasteiger partial charge in [0.15, 0.2) is 5.76 Å². The van der Waals surface area contributed by atoms with Gasteiger partial charge < -0.3 is 19.4 Å². The molecule has 128 valence electrons. The number of alkyl halides is 3. The Morgan fingerprint density at radius 3 is 2.46 bits per heavy atom. The van der Waals surface area contributed by atoms with E-state index in [9.17, 15) is 18.0 Å². The summed E-state index contributed by atoms with van der Waals surface area (Å²) in [4.78, 5) is 14.2. The SMILES string of the molecule is O=C(Nc1ccccc1N1CCOCC1)c1ccc(C(F)(F)F)o1. The normalized spacial score (nSPS) is 15.4. The van der Waals surface area contributed by atoms with E-state index in [2.05, 4.69) is 9.73 Å². The number of nitrogens with one attached hydrogen (secondary N) is 1. The summed E-state index contributed by atoms with van der Waals surface area (Å²) in [6, 6.07) is 8.84. The molecule has 1 aliphatic rings. The van der Waals surface area contributed by atoms with Gasteiger partial charge >= 0.3 is 6.18 Å². The third-order valence-electron chi connectivity index (χ3n) is 3.61. The lowest BCUT2D eigenvalue weighted by Crippen LogP contribution is -2.36. The molecule has 0 spiro atoms. The lowest BCUT2D eigenvalue weighted by molar-refractivity contribution is -0.153. The highest BCUT2D eigenvalue weighted by atomic mass is 19.4. The molecule has 0 saturated carbocycles. The summed E-state index contributed by atoms with van der Waals surface area (Å²) >= 11 is 0. The molecule has 0 radical (unpaired) electrons. The van der Waals surface area contributed by atoms with Crippen molar-refractivity contribution in [3.8, 4) is 0 Å². The first-order chi connectivity index (χ1) is 11.4. The Morgan fingerprint density at radius 2 is 1.79 bits per heavy atom. The molecule has 5 nitrogen and oxygen atoms in total. The van der Waals surface area contributed by atoms with Gasteiger partial charge in [-0.25, -0.2) is 0 Å². The number of benzene rings is 1. The molecular formula is C16H15F3N2O3. The summed E-state index contributed by atoms with van der Waals surface area (Å²) in [5.41, 5.74) is 1.30. The van der Waals surface area contributed by atoms with Crippen LogP contribution in [0.2, 0.25) is 0 Å². The molecule has 8 heteroatoms. The van der Waals surface area contributed by atoms with E-state index < -0.39 is 17.8 Å². The van der Waals surface area contributed by atoms with Crippen molar-refractivity contribution in [2.75, 3.05) is 36.5 Å². The number of halogens is 3. The standard InChI is InChI=1S/C16H15F3N2O3/c17-16(18,19)14-6-5-13(24-14)15(22)20-11-3-1-2-4-12(11)21-7-9-23-10-8-21/h1-6H,7-10H2,(H,20,22). The largest absolute Gasteiger partial charge is 0.449 e. The topological polar surface area (TPSA) is 54.7 Å². The van der Waals surface area contributed by atoms with Crippen molar-refractivity contribution in [1.29, 1.82) is 0 Å². The van der Waals surface area contributed by atoms with Gasteiger partial charge in [0.2, 0.25) is 5.76 Å². The number of para-hydroxylation sites is 2. The lowest BCUT2D eigenvalue weighted by atomic mass is 10.2. The van der Waals surface area contributed by atoms with Gasteiger partial charge in [-0.15, -0.1) is 0 Å². The summed E-state index contributed by atoms with van der Waals surface area (Å²) in [5.74, 6) is -2.32. The van der Waals surface area contributed by atoms with Crippen LogP contribution in [0.4, 0.5) is 24.5 Å². The van der Waals surface area contributed by atoms with Crippen LogP contribution in [0.1, 0.15) is 16.3 Å². The molecule has 2 aromatic rings. The molecule has 1 aliphatic heterocycles. The first-order valence-corrected chi connectivity index (χ1v) is 7.35. The molecule has 1 amide bonds. The van der Waals surface area contributed by atoms with Gasteiger partial charge in [-0.2, -0.15) is 13.2 Å². The number of nitrogens with zero attached hydrogens (tertiary/aromatic N) is 1. The zero-order valence-electron chi connectivity index (χ0n) is 12.6. The van der Waals surface area contributed by atoms with Gasteiger partial charge in [-0.1, -0.05) is 12.1 Å². The van der Waals surface area contributed by atoms with Crippen molar-refractivity contribution in [3.05, 3.63) is 47.9 Å². The summed E-state index contributed by atoms with van der Waals surface area (Å²) in [5, 5.41) is 2.61. The molecule has 2 heterocycles. The highest BCUT2D eigenvalue weighted by Crippen LogP contribution is 2.31. The lowest BCUT2D eigenvalue weighted by Gasteiger charge is -2.30. The third-order valence-corrected chi connectivity index (χ3v) is 3.61. The summed E-state index contributed by atoms with van der Waals surface area (Å²) in [6.45, 7) is 2.50. The second-order valence-electron chi connectivity index (χ2n) is 5.23. The van der Waals surface area contributed by atoms with E-state index in [1.54, 1.807) is 12.1 Å². The Hall–Kier alpha value is -2.48. The number of morpholine rings is 1. The average Bonchev–Trinajstić information content (AvgIpc) is 3.07. The Bertz CT molecular complexity index is 721. The van der Waals surface area contributed by atoms with Crippen LogP contribution in [-0.4, -0.2) is 32.2 Å². The minimum Gasteiger partial charge on any atom is -0.446 e. The number of hydrogen-bond acceptors (Lipinski definition) is 4. The predicted molar refractivity (Wildman–Crippen MR) is 81.1 cm³/mol. The number of anilines is 2. The number of carbonyl (C=O) groups is 1. The molecule has 0 aliphatic carbocycles. The van der Waals surface area contributed by atoms with Gasteiger partial charge in [0.25, 0.3) is 5.91 Å². The number of carbonyl (C=O) groups excluding carboxylic acids is 1. The van der Waals surface area contributed by atoms with E-state index in [4.69, 9.17) is 4.74 Å². The van der Waals surface area contributed by atoms with Crippen LogP contribution in [0, 0.1) is 0 Å². The fraction of sp³-hybridized carbons (Fsp3) is 0.312. The first-order valence-electron chi connectivity index (χ1n) is 7.35. The molecule has 0 atom stereocenters. The zero-order valence-corrected chi connectivity index (χ0v) is 12.6. The second-order valence-corrected chi connectivity index (χ2v) is 5.23. The molecule has 24 heavy (non-hydrogen) atoms. The minimum absolute atomic E-state index is 0.390. The first kappa shape index (κ1) is 16.4. The monoisotopic (exact) mass is 340 g/mol. The van der Waals surface area contributed by atoms with Crippen LogP contribution in [0.5, 0.6) is 0 Å². The molecule has 1 saturated heterocycles. The Morgan fingerprint density at radius 1 is 1.08 bits per heavy atom. The maximum atomic E-state index is 12.6.